The maximum atomic E-state index is 2.48. The molecule has 0 saturated carbocycles. The van der Waals surface area contributed by atoms with Crippen LogP contribution in [-0.4, -0.2) is 29.0 Å². The molecule has 136 valence electrons. The van der Waals surface area contributed by atoms with Crippen LogP contribution in [0.3, 0.4) is 0 Å². The lowest BCUT2D eigenvalue weighted by atomic mass is 9.95. The van der Waals surface area contributed by atoms with Crippen LogP contribution >= 0.6 is 11.8 Å². The highest BCUT2D eigenvalue weighted by Crippen LogP contribution is 2.30. The molecule has 1 heterocycles. The van der Waals surface area contributed by atoms with E-state index in [2.05, 4.69) is 103 Å². The number of anilines is 1. The quantitative estimate of drug-likeness (QED) is 0.654. The lowest BCUT2D eigenvalue weighted by molar-refractivity contribution is -0.544. The van der Waals surface area contributed by atoms with Crippen molar-refractivity contribution in [2.75, 3.05) is 18.2 Å². The minimum atomic E-state index is 0.527. The predicted molar refractivity (Wildman–Crippen MR) is 115 cm³/mol. The standard InChI is InChI=1S/C23H29N2S/c1-18(2)22-15-21(16-23(26-4)24(22)3)25(20-13-9-6-10-14-20)17-19-11-7-5-8-12-19/h5-14,16,18,22H,15,17H2,1-4H3/q+1/t22-/m0/s1. The summed E-state index contributed by atoms with van der Waals surface area (Å²) in [5.74, 6) is 0.611. The van der Waals surface area contributed by atoms with Crippen molar-refractivity contribution < 1.29 is 4.58 Å². The molecule has 2 nitrogen and oxygen atoms in total. The number of hydrogen-bond acceptors (Lipinski definition) is 2. The van der Waals surface area contributed by atoms with Gasteiger partial charge in [0.2, 0.25) is 5.04 Å². The predicted octanol–water partition coefficient (Wildman–Crippen LogP) is 5.41. The second-order valence-corrected chi connectivity index (χ2v) is 8.04. The van der Waals surface area contributed by atoms with E-state index in [-0.39, 0.29) is 0 Å². The lowest BCUT2D eigenvalue weighted by Gasteiger charge is -2.32. The Labute approximate surface area is 162 Å². The molecule has 1 aliphatic heterocycles. The minimum absolute atomic E-state index is 0.527. The molecule has 2 aromatic carbocycles. The first-order valence-corrected chi connectivity index (χ1v) is 10.5. The first kappa shape index (κ1) is 18.8. The van der Waals surface area contributed by atoms with Gasteiger partial charge in [-0.05, 0) is 24.0 Å². The third-order valence-corrected chi connectivity index (χ3v) is 5.95. The van der Waals surface area contributed by atoms with Gasteiger partial charge in [-0.25, -0.2) is 4.58 Å². The van der Waals surface area contributed by atoms with Crippen LogP contribution in [0.15, 0.2) is 72.4 Å². The number of thioether (sulfide) groups is 1. The van der Waals surface area contributed by atoms with Crippen molar-refractivity contribution in [3.05, 3.63) is 78.0 Å². The zero-order valence-electron chi connectivity index (χ0n) is 16.2. The summed E-state index contributed by atoms with van der Waals surface area (Å²) in [6, 6.07) is 22.0. The molecule has 0 saturated heterocycles. The molecule has 0 amide bonds. The molecule has 3 rings (SSSR count). The van der Waals surface area contributed by atoms with Gasteiger partial charge in [-0.15, -0.1) is 0 Å². The van der Waals surface area contributed by atoms with Crippen molar-refractivity contribution in [2.45, 2.75) is 32.9 Å². The molecule has 3 heteroatoms. The molecule has 0 fully saturated rings. The molecule has 1 atom stereocenters. The fourth-order valence-electron chi connectivity index (χ4n) is 3.62. The highest BCUT2D eigenvalue weighted by atomic mass is 32.2. The highest BCUT2D eigenvalue weighted by Gasteiger charge is 2.32. The van der Waals surface area contributed by atoms with E-state index in [1.807, 2.05) is 11.8 Å². The fourth-order valence-corrected chi connectivity index (χ4v) is 4.30. The summed E-state index contributed by atoms with van der Waals surface area (Å²) in [6.07, 6.45) is 5.62. The first-order chi connectivity index (χ1) is 12.6. The molecule has 26 heavy (non-hydrogen) atoms. The summed E-state index contributed by atoms with van der Waals surface area (Å²) in [7, 11) is 2.23. The second-order valence-electron chi connectivity index (χ2n) is 7.21. The van der Waals surface area contributed by atoms with Gasteiger partial charge >= 0.3 is 0 Å². The van der Waals surface area contributed by atoms with Crippen molar-refractivity contribution in [3.63, 3.8) is 0 Å². The SMILES string of the molecule is CSC1=[N+](C)[C@H](C(C)C)CC(N(Cc2ccccc2)c2ccccc2)=C1. The Bertz CT molecular complexity index is 778. The smallest absolute Gasteiger partial charge is 0.236 e. The molecule has 2 aromatic rings. The van der Waals surface area contributed by atoms with Crippen LogP contribution < -0.4 is 4.90 Å². The Hall–Kier alpha value is -2.00. The van der Waals surface area contributed by atoms with Crippen LogP contribution in [0.2, 0.25) is 0 Å². The van der Waals surface area contributed by atoms with Crippen LogP contribution in [0.4, 0.5) is 5.69 Å². The summed E-state index contributed by atoms with van der Waals surface area (Å²) < 4.78 is 2.45. The number of rotatable bonds is 5. The van der Waals surface area contributed by atoms with E-state index in [1.165, 1.54) is 22.0 Å². The zero-order chi connectivity index (χ0) is 18.5. The number of para-hydroxylation sites is 1. The van der Waals surface area contributed by atoms with Gasteiger partial charge in [0.1, 0.15) is 7.05 Å². The molecular formula is C23H29N2S+. The van der Waals surface area contributed by atoms with Crippen molar-refractivity contribution in [2.24, 2.45) is 5.92 Å². The Morgan fingerprint density at radius 2 is 1.65 bits per heavy atom. The molecule has 0 aromatic heterocycles. The maximum Gasteiger partial charge on any atom is 0.236 e. The molecule has 0 bridgehead atoms. The van der Waals surface area contributed by atoms with Crippen molar-refractivity contribution in [1.82, 2.24) is 0 Å². The van der Waals surface area contributed by atoms with Crippen LogP contribution in [-0.2, 0) is 6.54 Å². The average molecular weight is 366 g/mol. The van der Waals surface area contributed by atoms with E-state index < -0.39 is 0 Å². The van der Waals surface area contributed by atoms with Gasteiger partial charge in [0.05, 0.1) is 6.42 Å². The molecule has 0 radical (unpaired) electrons. The molecule has 0 N–H and O–H groups in total. The Kier molecular flexibility index (Phi) is 6.20. The summed E-state index contributed by atoms with van der Waals surface area (Å²) in [5.41, 5.74) is 4.00. The van der Waals surface area contributed by atoms with E-state index in [0.717, 1.165) is 13.0 Å². The summed E-state index contributed by atoms with van der Waals surface area (Å²) >= 11 is 1.84. The van der Waals surface area contributed by atoms with Gasteiger partial charge in [-0.2, -0.15) is 0 Å². The average Bonchev–Trinajstić information content (AvgIpc) is 2.68. The van der Waals surface area contributed by atoms with E-state index >= 15 is 0 Å². The molecular weight excluding hydrogens is 336 g/mol. The Morgan fingerprint density at radius 1 is 1.04 bits per heavy atom. The highest BCUT2D eigenvalue weighted by molar-refractivity contribution is 8.13. The van der Waals surface area contributed by atoms with Crippen LogP contribution in [0.5, 0.6) is 0 Å². The van der Waals surface area contributed by atoms with E-state index in [0.29, 0.717) is 12.0 Å². The van der Waals surface area contributed by atoms with E-state index in [9.17, 15) is 0 Å². The lowest BCUT2D eigenvalue weighted by Crippen LogP contribution is -2.38. The van der Waals surface area contributed by atoms with Crippen molar-refractivity contribution in [1.29, 1.82) is 0 Å². The van der Waals surface area contributed by atoms with Crippen LogP contribution in [0.1, 0.15) is 25.8 Å². The van der Waals surface area contributed by atoms with E-state index in [4.69, 9.17) is 0 Å². The van der Waals surface area contributed by atoms with Gasteiger partial charge in [0.15, 0.2) is 6.04 Å². The van der Waals surface area contributed by atoms with Gasteiger partial charge in [0.25, 0.3) is 0 Å². The van der Waals surface area contributed by atoms with E-state index in [1.54, 1.807) is 0 Å². The topological polar surface area (TPSA) is 6.25 Å². The molecule has 0 spiro atoms. The monoisotopic (exact) mass is 365 g/mol. The molecule has 1 aliphatic rings. The van der Waals surface area contributed by atoms with Crippen molar-refractivity contribution >= 4 is 22.5 Å². The normalized spacial score (nSPS) is 17.4. The summed E-state index contributed by atoms with van der Waals surface area (Å²) in [5, 5.41) is 1.35. The minimum Gasteiger partial charge on any atom is -0.340 e. The van der Waals surface area contributed by atoms with Gasteiger partial charge < -0.3 is 4.90 Å². The van der Waals surface area contributed by atoms with Crippen LogP contribution in [0.25, 0.3) is 0 Å². The third kappa shape index (κ3) is 4.21. The largest absolute Gasteiger partial charge is 0.340 e. The Balaban J connectivity index is 2.01. The third-order valence-electron chi connectivity index (χ3n) is 5.13. The number of benzene rings is 2. The summed E-state index contributed by atoms with van der Waals surface area (Å²) in [4.78, 5) is 2.48. The fraction of sp³-hybridized carbons (Fsp3) is 0.348. The number of nitrogens with zero attached hydrogens (tertiary/aromatic N) is 2. The molecule has 0 aliphatic carbocycles. The first-order valence-electron chi connectivity index (χ1n) is 9.31. The second kappa shape index (κ2) is 8.59. The van der Waals surface area contributed by atoms with Gasteiger partial charge in [0, 0.05) is 29.9 Å². The van der Waals surface area contributed by atoms with Gasteiger partial charge in [-0.1, -0.05) is 74.1 Å². The number of hydrogen-bond donors (Lipinski definition) is 0. The maximum absolute atomic E-state index is 2.48. The Morgan fingerprint density at radius 3 is 2.23 bits per heavy atom. The summed E-state index contributed by atoms with van der Waals surface area (Å²) in [6.45, 7) is 5.55. The molecule has 0 unspecified atom stereocenters. The van der Waals surface area contributed by atoms with Crippen molar-refractivity contribution in [3.8, 4) is 0 Å². The van der Waals surface area contributed by atoms with Crippen LogP contribution in [0, 0.1) is 5.92 Å². The van der Waals surface area contributed by atoms with Gasteiger partial charge in [-0.3, -0.25) is 0 Å². The zero-order valence-corrected chi connectivity index (χ0v) is 17.0.